The Morgan fingerprint density at radius 3 is 2.85 bits per heavy atom. The van der Waals surface area contributed by atoms with E-state index in [4.69, 9.17) is 0 Å². The van der Waals surface area contributed by atoms with Gasteiger partial charge in [-0.2, -0.15) is 0 Å². The van der Waals surface area contributed by atoms with Crippen LogP contribution < -0.4 is 10.6 Å². The van der Waals surface area contributed by atoms with Crippen molar-refractivity contribution < 1.29 is 9.59 Å². The predicted octanol–water partition coefficient (Wildman–Crippen LogP) is 3.24. The van der Waals surface area contributed by atoms with Gasteiger partial charge in [0.05, 0.1) is 17.0 Å². The number of rotatable bonds is 8. The van der Waals surface area contributed by atoms with Crippen LogP contribution in [0.4, 0.5) is 5.13 Å². The van der Waals surface area contributed by atoms with Gasteiger partial charge in [0.25, 0.3) is 5.91 Å². The maximum Gasteiger partial charge on any atom is 0.267 e. The Morgan fingerprint density at radius 2 is 2.11 bits per heavy atom. The summed E-state index contributed by atoms with van der Waals surface area (Å²) in [6, 6.07) is 3.61. The molecule has 0 saturated carbocycles. The van der Waals surface area contributed by atoms with Crippen LogP contribution in [0.15, 0.2) is 22.9 Å². The number of thiophene rings is 1. The summed E-state index contributed by atoms with van der Waals surface area (Å²) in [6.07, 6.45) is 3.77. The van der Waals surface area contributed by atoms with Gasteiger partial charge < -0.3 is 10.2 Å². The van der Waals surface area contributed by atoms with E-state index in [-0.39, 0.29) is 18.2 Å². The van der Waals surface area contributed by atoms with Crippen molar-refractivity contribution in [1.29, 1.82) is 0 Å². The van der Waals surface area contributed by atoms with Crippen LogP contribution in [0.3, 0.4) is 0 Å². The van der Waals surface area contributed by atoms with Crippen LogP contribution >= 0.6 is 22.7 Å². The normalized spacial score (nSPS) is 15.6. The number of anilines is 1. The summed E-state index contributed by atoms with van der Waals surface area (Å²) in [4.78, 5) is 31.5. The first-order valence-electron chi connectivity index (χ1n) is 9.38. The lowest BCUT2D eigenvalue weighted by molar-refractivity contribution is -0.120. The molecule has 2 aromatic rings. The van der Waals surface area contributed by atoms with Gasteiger partial charge in [-0.05, 0) is 56.3 Å². The fourth-order valence-corrected chi connectivity index (χ4v) is 4.38. The molecule has 0 unspecified atom stereocenters. The van der Waals surface area contributed by atoms with Crippen molar-refractivity contribution in [1.82, 2.24) is 15.2 Å². The molecule has 0 spiro atoms. The molecule has 1 saturated heterocycles. The van der Waals surface area contributed by atoms with E-state index in [1.54, 1.807) is 6.07 Å². The Bertz CT molecular complexity index is 737. The SMILES string of the molecule is CC1CCN(CCCNC(=O)Cc2csc(NC(=O)c3cccs3)n2)CC1. The van der Waals surface area contributed by atoms with Gasteiger partial charge in [-0.15, -0.1) is 22.7 Å². The van der Waals surface area contributed by atoms with E-state index in [0.29, 0.717) is 22.2 Å². The van der Waals surface area contributed by atoms with Gasteiger partial charge in [0.1, 0.15) is 0 Å². The van der Waals surface area contributed by atoms with Crippen molar-refractivity contribution in [2.24, 2.45) is 5.92 Å². The Morgan fingerprint density at radius 1 is 1.30 bits per heavy atom. The van der Waals surface area contributed by atoms with Crippen molar-refractivity contribution in [3.05, 3.63) is 33.5 Å². The zero-order chi connectivity index (χ0) is 19.1. The number of hydrogen-bond acceptors (Lipinski definition) is 6. The van der Waals surface area contributed by atoms with Crippen LogP contribution in [0.25, 0.3) is 0 Å². The summed E-state index contributed by atoms with van der Waals surface area (Å²) in [5.41, 5.74) is 0.684. The monoisotopic (exact) mass is 406 g/mol. The molecule has 27 heavy (non-hydrogen) atoms. The van der Waals surface area contributed by atoms with E-state index in [1.165, 1.54) is 48.6 Å². The molecule has 0 radical (unpaired) electrons. The molecule has 0 aromatic carbocycles. The van der Waals surface area contributed by atoms with Gasteiger partial charge in [-0.1, -0.05) is 13.0 Å². The highest BCUT2D eigenvalue weighted by molar-refractivity contribution is 7.14. The maximum absolute atomic E-state index is 12.1. The zero-order valence-corrected chi connectivity index (χ0v) is 17.2. The Hall–Kier alpha value is -1.77. The third-order valence-electron chi connectivity index (χ3n) is 4.71. The molecule has 2 amide bonds. The van der Waals surface area contributed by atoms with Gasteiger partial charge in [-0.25, -0.2) is 4.98 Å². The van der Waals surface area contributed by atoms with Crippen molar-refractivity contribution >= 4 is 39.6 Å². The molecule has 8 heteroatoms. The van der Waals surface area contributed by atoms with Crippen LogP contribution in [-0.4, -0.2) is 47.9 Å². The lowest BCUT2D eigenvalue weighted by Gasteiger charge is -2.30. The van der Waals surface area contributed by atoms with Crippen LogP contribution in [0.2, 0.25) is 0 Å². The minimum atomic E-state index is -0.164. The van der Waals surface area contributed by atoms with E-state index in [1.807, 2.05) is 16.8 Å². The second-order valence-electron chi connectivity index (χ2n) is 6.98. The average molecular weight is 407 g/mol. The first kappa shape index (κ1) is 20.0. The number of piperidine rings is 1. The van der Waals surface area contributed by atoms with Crippen molar-refractivity contribution in [3.8, 4) is 0 Å². The molecular formula is C19H26N4O2S2. The van der Waals surface area contributed by atoms with Crippen LogP contribution in [-0.2, 0) is 11.2 Å². The molecule has 3 rings (SSSR count). The number of likely N-dealkylation sites (tertiary alicyclic amines) is 1. The number of hydrogen-bond donors (Lipinski definition) is 2. The molecule has 0 atom stereocenters. The molecule has 2 N–H and O–H groups in total. The summed E-state index contributed by atoms with van der Waals surface area (Å²) < 4.78 is 0. The second kappa shape index (κ2) is 9.96. The van der Waals surface area contributed by atoms with Crippen LogP contribution in [0, 0.1) is 5.92 Å². The molecule has 146 valence electrons. The fourth-order valence-electron chi connectivity index (χ4n) is 3.06. The summed E-state index contributed by atoms with van der Waals surface area (Å²) in [7, 11) is 0. The average Bonchev–Trinajstić information content (AvgIpc) is 3.32. The Labute approximate surface area is 168 Å². The molecule has 3 heterocycles. The minimum Gasteiger partial charge on any atom is -0.356 e. The molecule has 6 nitrogen and oxygen atoms in total. The van der Waals surface area contributed by atoms with Gasteiger partial charge in [0.2, 0.25) is 5.91 Å². The largest absolute Gasteiger partial charge is 0.356 e. The van der Waals surface area contributed by atoms with Crippen molar-refractivity contribution in [3.63, 3.8) is 0 Å². The summed E-state index contributed by atoms with van der Waals surface area (Å²) in [5.74, 6) is 0.658. The third kappa shape index (κ3) is 6.41. The molecule has 1 fully saturated rings. The number of carbonyl (C=O) groups is 2. The zero-order valence-electron chi connectivity index (χ0n) is 15.6. The van der Waals surface area contributed by atoms with Gasteiger partial charge >= 0.3 is 0 Å². The Balaban J connectivity index is 1.33. The molecule has 0 aliphatic carbocycles. The highest BCUT2D eigenvalue weighted by atomic mass is 32.1. The number of thiazole rings is 1. The lowest BCUT2D eigenvalue weighted by atomic mass is 9.99. The van der Waals surface area contributed by atoms with Crippen LogP contribution in [0.1, 0.15) is 41.6 Å². The van der Waals surface area contributed by atoms with E-state index in [0.717, 1.165) is 18.9 Å². The quantitative estimate of drug-likeness (QED) is 0.660. The highest BCUT2D eigenvalue weighted by Crippen LogP contribution is 2.18. The van der Waals surface area contributed by atoms with Gasteiger partial charge in [-0.3, -0.25) is 14.9 Å². The smallest absolute Gasteiger partial charge is 0.267 e. The summed E-state index contributed by atoms with van der Waals surface area (Å²) in [5, 5.41) is 9.94. The van der Waals surface area contributed by atoms with E-state index in [9.17, 15) is 9.59 Å². The lowest BCUT2D eigenvalue weighted by Crippen LogP contribution is -2.35. The first-order valence-corrected chi connectivity index (χ1v) is 11.1. The van der Waals surface area contributed by atoms with Crippen molar-refractivity contribution in [2.75, 3.05) is 31.5 Å². The second-order valence-corrected chi connectivity index (χ2v) is 8.79. The number of nitrogens with zero attached hydrogens (tertiary/aromatic N) is 2. The molecule has 1 aliphatic rings. The van der Waals surface area contributed by atoms with E-state index in [2.05, 4.69) is 27.4 Å². The molecule has 2 aromatic heterocycles. The van der Waals surface area contributed by atoms with Gasteiger partial charge in [0, 0.05) is 11.9 Å². The summed E-state index contributed by atoms with van der Waals surface area (Å²) >= 11 is 2.73. The number of amides is 2. The summed E-state index contributed by atoms with van der Waals surface area (Å²) in [6.45, 7) is 6.40. The van der Waals surface area contributed by atoms with Gasteiger partial charge in [0.15, 0.2) is 5.13 Å². The fraction of sp³-hybridized carbons (Fsp3) is 0.526. The maximum atomic E-state index is 12.1. The highest BCUT2D eigenvalue weighted by Gasteiger charge is 2.15. The standard InChI is InChI=1S/C19H26N4O2S2/c1-14-5-9-23(10-6-14)8-3-7-20-17(24)12-15-13-27-19(21-15)22-18(25)16-4-2-11-26-16/h2,4,11,13-14H,3,5-10,12H2,1H3,(H,20,24)(H,21,22,25). The van der Waals surface area contributed by atoms with E-state index >= 15 is 0 Å². The predicted molar refractivity (Wildman–Crippen MR) is 111 cm³/mol. The third-order valence-corrected chi connectivity index (χ3v) is 6.38. The molecule has 1 aliphatic heterocycles. The van der Waals surface area contributed by atoms with Crippen molar-refractivity contribution in [2.45, 2.75) is 32.6 Å². The molecule has 0 bridgehead atoms. The minimum absolute atomic E-state index is 0.0244. The van der Waals surface area contributed by atoms with E-state index < -0.39 is 0 Å². The number of nitrogens with one attached hydrogen (secondary N) is 2. The number of carbonyl (C=O) groups excluding carboxylic acids is 2. The molecular weight excluding hydrogens is 380 g/mol. The number of aromatic nitrogens is 1. The van der Waals surface area contributed by atoms with Crippen LogP contribution in [0.5, 0.6) is 0 Å². The first-order chi connectivity index (χ1) is 13.1. The topological polar surface area (TPSA) is 74.3 Å². The Kier molecular flexibility index (Phi) is 7.37.